The van der Waals surface area contributed by atoms with Crippen LogP contribution in [0.2, 0.25) is 0 Å². The molecule has 0 radical (unpaired) electrons. The van der Waals surface area contributed by atoms with Gasteiger partial charge in [-0.2, -0.15) is 4.31 Å². The third kappa shape index (κ3) is 4.88. The molecule has 1 aliphatic heterocycles. The van der Waals surface area contributed by atoms with E-state index in [1.54, 1.807) is 6.92 Å². The molecule has 1 aromatic carbocycles. The van der Waals surface area contributed by atoms with Gasteiger partial charge < -0.3 is 14.8 Å². The van der Waals surface area contributed by atoms with Crippen molar-refractivity contribution in [2.24, 2.45) is 5.41 Å². The summed E-state index contributed by atoms with van der Waals surface area (Å²) in [4.78, 5) is 16.6. The predicted molar refractivity (Wildman–Crippen MR) is 129 cm³/mol. The summed E-state index contributed by atoms with van der Waals surface area (Å²) in [5.74, 6) is -1.35. The first-order chi connectivity index (χ1) is 17.1. The van der Waals surface area contributed by atoms with Crippen molar-refractivity contribution in [1.82, 2.24) is 14.6 Å². The standard InChI is InChI=1S/C24H29F2N3O5S2/c1-3-33-23(30)20-21(28-22(35-20)16-8-18(16)26)34-11-14(2)27-15-9-24(10-15)12-29(13-24)36(31,32)19-7-5-4-6-17(19)25/h4-7,14-16,18,27H,3,8-13H2,1-2H3/t14-,16-,18+/m1/s1. The van der Waals surface area contributed by atoms with E-state index < -0.39 is 28.0 Å². The van der Waals surface area contributed by atoms with Gasteiger partial charge in [-0.25, -0.2) is 27.0 Å². The zero-order valence-electron chi connectivity index (χ0n) is 20.1. The highest BCUT2D eigenvalue weighted by molar-refractivity contribution is 7.89. The van der Waals surface area contributed by atoms with Crippen LogP contribution in [0.1, 0.15) is 53.7 Å². The van der Waals surface area contributed by atoms with Crippen LogP contribution in [0, 0.1) is 11.2 Å². The number of hydrogen-bond acceptors (Lipinski definition) is 8. The van der Waals surface area contributed by atoms with Gasteiger partial charge in [-0.15, -0.1) is 11.3 Å². The molecular formula is C24H29F2N3O5S2. The van der Waals surface area contributed by atoms with E-state index >= 15 is 0 Å². The van der Waals surface area contributed by atoms with E-state index in [-0.39, 0.29) is 52.3 Å². The molecule has 0 unspecified atom stereocenters. The maximum Gasteiger partial charge on any atom is 0.353 e. The van der Waals surface area contributed by atoms with Crippen LogP contribution in [-0.2, 0) is 14.8 Å². The Hall–Kier alpha value is -2.15. The number of thiazole rings is 1. The number of aromatic nitrogens is 1. The molecule has 2 heterocycles. The van der Waals surface area contributed by atoms with Crippen LogP contribution in [0.4, 0.5) is 8.78 Å². The van der Waals surface area contributed by atoms with Gasteiger partial charge in [-0.1, -0.05) is 12.1 Å². The first kappa shape index (κ1) is 25.5. The quantitative estimate of drug-likeness (QED) is 0.460. The highest BCUT2D eigenvalue weighted by Gasteiger charge is 2.56. The van der Waals surface area contributed by atoms with Gasteiger partial charge in [0.1, 0.15) is 28.5 Å². The third-order valence-corrected chi connectivity index (χ3v) is 9.90. The fraction of sp³-hybridized carbons (Fsp3) is 0.583. The van der Waals surface area contributed by atoms with Crippen molar-refractivity contribution in [3.05, 3.63) is 40.0 Å². The average Bonchev–Trinajstić information content (AvgIpc) is 3.35. The second-order valence-corrected chi connectivity index (χ2v) is 12.9. The van der Waals surface area contributed by atoms with Gasteiger partial charge in [-0.05, 0) is 45.2 Å². The molecule has 1 aromatic heterocycles. The minimum absolute atomic E-state index is 0.0549. The van der Waals surface area contributed by atoms with Crippen molar-refractivity contribution in [2.75, 3.05) is 26.3 Å². The first-order valence-electron chi connectivity index (χ1n) is 12.1. The number of halogens is 2. The lowest BCUT2D eigenvalue weighted by Gasteiger charge is -2.58. The van der Waals surface area contributed by atoms with Gasteiger partial charge in [0.25, 0.3) is 0 Å². The second kappa shape index (κ2) is 9.62. The number of carbonyl (C=O) groups excluding carboxylic acids is 1. The Morgan fingerprint density at radius 1 is 1.33 bits per heavy atom. The highest BCUT2D eigenvalue weighted by atomic mass is 32.2. The molecule has 12 heteroatoms. The second-order valence-electron chi connectivity index (χ2n) is 9.95. The number of nitrogens with one attached hydrogen (secondary N) is 1. The van der Waals surface area contributed by atoms with Crippen LogP contribution in [0.25, 0.3) is 0 Å². The van der Waals surface area contributed by atoms with E-state index in [0.29, 0.717) is 24.5 Å². The Kier molecular flexibility index (Phi) is 6.81. The van der Waals surface area contributed by atoms with E-state index in [1.165, 1.54) is 22.5 Å². The highest BCUT2D eigenvalue weighted by Crippen LogP contribution is 2.50. The van der Waals surface area contributed by atoms with Crippen LogP contribution >= 0.6 is 11.3 Å². The summed E-state index contributed by atoms with van der Waals surface area (Å²) >= 11 is 1.13. The fourth-order valence-corrected chi connectivity index (χ4v) is 7.80. The molecule has 2 aliphatic carbocycles. The van der Waals surface area contributed by atoms with Gasteiger partial charge >= 0.3 is 5.97 Å². The summed E-state index contributed by atoms with van der Waals surface area (Å²) in [5.41, 5.74) is -0.0787. The number of sulfonamides is 1. The monoisotopic (exact) mass is 541 g/mol. The van der Waals surface area contributed by atoms with Crippen LogP contribution in [-0.4, -0.2) is 68.2 Å². The number of carbonyl (C=O) groups is 1. The molecule has 8 nitrogen and oxygen atoms in total. The summed E-state index contributed by atoms with van der Waals surface area (Å²) in [5, 5.41) is 4.03. The molecule has 3 fully saturated rings. The van der Waals surface area contributed by atoms with Crippen molar-refractivity contribution in [1.29, 1.82) is 0 Å². The van der Waals surface area contributed by atoms with Crippen LogP contribution in [0.5, 0.6) is 5.88 Å². The van der Waals surface area contributed by atoms with Crippen molar-refractivity contribution >= 4 is 27.3 Å². The minimum Gasteiger partial charge on any atom is -0.475 e. The van der Waals surface area contributed by atoms with Crippen LogP contribution in [0.15, 0.2) is 29.2 Å². The molecule has 2 aromatic rings. The lowest BCUT2D eigenvalue weighted by Crippen LogP contribution is -2.67. The van der Waals surface area contributed by atoms with Crippen molar-refractivity contribution in [3.63, 3.8) is 0 Å². The zero-order chi connectivity index (χ0) is 25.7. The maximum absolute atomic E-state index is 14.0. The third-order valence-electron chi connectivity index (χ3n) is 6.93. The summed E-state index contributed by atoms with van der Waals surface area (Å²) in [7, 11) is -3.83. The lowest BCUT2D eigenvalue weighted by molar-refractivity contribution is -0.0375. The first-order valence-corrected chi connectivity index (χ1v) is 14.3. The molecule has 1 spiro atoms. The Labute approximate surface area is 213 Å². The SMILES string of the molecule is CCOC(=O)c1sc([C@@H]2C[C@@H]2F)nc1OC[C@@H](C)NC1CC2(C1)CN(S(=O)(=O)c1ccccc1F)C2. The number of ether oxygens (including phenoxy) is 2. The largest absolute Gasteiger partial charge is 0.475 e. The van der Waals surface area contributed by atoms with Crippen molar-refractivity contribution in [3.8, 4) is 5.88 Å². The molecule has 1 saturated heterocycles. The van der Waals surface area contributed by atoms with Gasteiger partial charge in [0.2, 0.25) is 15.9 Å². The van der Waals surface area contributed by atoms with E-state index in [2.05, 4.69) is 10.3 Å². The normalized spacial score (nSPS) is 24.1. The van der Waals surface area contributed by atoms with Gasteiger partial charge in [0, 0.05) is 36.5 Å². The van der Waals surface area contributed by atoms with Gasteiger partial charge in [0.05, 0.1) is 6.61 Å². The molecule has 5 rings (SSSR count). The van der Waals surface area contributed by atoms with Gasteiger partial charge in [0.15, 0.2) is 4.88 Å². The Morgan fingerprint density at radius 3 is 2.67 bits per heavy atom. The summed E-state index contributed by atoms with van der Waals surface area (Å²) in [6, 6.07) is 5.58. The molecule has 3 atom stereocenters. The summed E-state index contributed by atoms with van der Waals surface area (Å²) < 4.78 is 65.2. The summed E-state index contributed by atoms with van der Waals surface area (Å²) in [6.45, 7) is 4.92. The van der Waals surface area contributed by atoms with Crippen molar-refractivity contribution in [2.45, 2.75) is 62.2 Å². The fourth-order valence-electron chi connectivity index (χ4n) is 5.00. The number of benzene rings is 1. The Balaban J connectivity index is 1.11. The summed E-state index contributed by atoms with van der Waals surface area (Å²) in [6.07, 6.45) is 1.12. The maximum atomic E-state index is 14.0. The lowest BCUT2D eigenvalue weighted by atomic mass is 9.61. The number of hydrogen-bond donors (Lipinski definition) is 1. The van der Waals surface area contributed by atoms with Gasteiger partial charge in [-0.3, -0.25) is 0 Å². The van der Waals surface area contributed by atoms with E-state index in [0.717, 1.165) is 30.2 Å². The predicted octanol–water partition coefficient (Wildman–Crippen LogP) is 3.49. The molecule has 0 amide bonds. The number of rotatable bonds is 10. The average molecular weight is 542 g/mol. The smallest absolute Gasteiger partial charge is 0.353 e. The van der Waals surface area contributed by atoms with Crippen LogP contribution in [0.3, 0.4) is 0 Å². The van der Waals surface area contributed by atoms with E-state index in [4.69, 9.17) is 9.47 Å². The zero-order valence-corrected chi connectivity index (χ0v) is 21.7. The van der Waals surface area contributed by atoms with E-state index in [1.807, 2.05) is 6.92 Å². The molecule has 2 saturated carbocycles. The van der Waals surface area contributed by atoms with Crippen molar-refractivity contribution < 1.29 is 31.5 Å². The molecule has 0 bridgehead atoms. The molecular weight excluding hydrogens is 512 g/mol. The van der Waals surface area contributed by atoms with E-state index in [9.17, 15) is 22.0 Å². The molecule has 196 valence electrons. The number of alkyl halides is 1. The molecule has 36 heavy (non-hydrogen) atoms. The van der Waals surface area contributed by atoms with Crippen LogP contribution < -0.4 is 10.1 Å². The molecule has 3 aliphatic rings. The topological polar surface area (TPSA) is 97.8 Å². The number of nitrogens with zero attached hydrogens (tertiary/aromatic N) is 2. The molecule has 1 N–H and O–H groups in total. The number of esters is 1. The Bertz CT molecular complexity index is 1240. The Morgan fingerprint density at radius 2 is 2.03 bits per heavy atom. The minimum atomic E-state index is -3.83.